The maximum absolute atomic E-state index is 11.7. The van der Waals surface area contributed by atoms with Crippen molar-refractivity contribution in [3.05, 3.63) is 27.7 Å². The number of fused-ring (bicyclic) bond motifs is 1. The van der Waals surface area contributed by atoms with Gasteiger partial charge in [-0.15, -0.1) is 11.3 Å². The molecule has 0 aliphatic carbocycles. The molecule has 0 radical (unpaired) electrons. The Balaban J connectivity index is 2.35. The molecule has 2 rings (SSSR count). The van der Waals surface area contributed by atoms with E-state index in [1.54, 1.807) is 0 Å². The van der Waals surface area contributed by atoms with Gasteiger partial charge in [-0.3, -0.25) is 9.59 Å². The topological polar surface area (TPSA) is 81.4 Å². The highest BCUT2D eigenvalue weighted by molar-refractivity contribution is 7.17. The Morgan fingerprint density at radius 2 is 2.16 bits per heavy atom. The quantitative estimate of drug-likeness (QED) is 0.829. The van der Waals surface area contributed by atoms with Gasteiger partial charge >= 0.3 is 0 Å². The first-order valence-corrected chi connectivity index (χ1v) is 6.78. The van der Waals surface area contributed by atoms with Gasteiger partial charge in [0, 0.05) is 11.0 Å². The van der Waals surface area contributed by atoms with Crippen LogP contribution in [-0.2, 0) is 22.6 Å². The number of hydrogen-bond donors (Lipinski definition) is 2. The van der Waals surface area contributed by atoms with Crippen LogP contribution in [0.15, 0.2) is 11.6 Å². The molecule has 1 aromatic rings. The smallest absolute Gasteiger partial charge is 0.251 e. The van der Waals surface area contributed by atoms with Gasteiger partial charge in [-0.25, -0.2) is 0 Å². The summed E-state index contributed by atoms with van der Waals surface area (Å²) in [7, 11) is 0. The molecule has 0 saturated heterocycles. The Morgan fingerprint density at radius 1 is 1.42 bits per heavy atom. The molecule has 0 saturated carbocycles. The van der Waals surface area contributed by atoms with Crippen molar-refractivity contribution in [3.63, 3.8) is 0 Å². The minimum atomic E-state index is -0.507. The highest BCUT2D eigenvalue weighted by atomic mass is 32.1. The molecular weight excluding hydrogens is 264 g/mol. The number of rotatable bonds is 3. The molecule has 2 amide bonds. The molecule has 0 unspecified atom stereocenters. The Bertz CT molecular complexity index is 556. The van der Waals surface area contributed by atoms with Crippen LogP contribution in [0.25, 0.3) is 0 Å². The fourth-order valence-electron chi connectivity index (χ4n) is 1.99. The number of thiophene rings is 1. The van der Waals surface area contributed by atoms with Gasteiger partial charge in [0.2, 0.25) is 5.91 Å². The molecule has 2 heterocycles. The molecule has 1 aliphatic rings. The predicted molar refractivity (Wildman–Crippen MR) is 74.3 cm³/mol. The number of primary amides is 1. The molecule has 3 N–H and O–H groups in total. The number of ether oxygens (including phenoxy) is 1. The molecule has 0 atom stereocenters. The zero-order valence-electron chi connectivity index (χ0n) is 10.9. The first-order chi connectivity index (χ1) is 8.99. The molecule has 19 heavy (non-hydrogen) atoms. The lowest BCUT2D eigenvalue weighted by Gasteiger charge is -2.12. The summed E-state index contributed by atoms with van der Waals surface area (Å²) >= 11 is 1.36. The lowest BCUT2D eigenvalue weighted by molar-refractivity contribution is -0.111. The minimum Gasteiger partial charge on any atom is -0.376 e. The number of carbonyl (C=O) groups excluding carboxylic acids is 2. The van der Waals surface area contributed by atoms with Crippen molar-refractivity contribution in [2.75, 3.05) is 11.9 Å². The number of allylic oxidation sites excluding steroid dienone is 1. The van der Waals surface area contributed by atoms with Gasteiger partial charge in [-0.2, -0.15) is 0 Å². The molecule has 102 valence electrons. The summed E-state index contributed by atoms with van der Waals surface area (Å²) < 4.78 is 5.35. The van der Waals surface area contributed by atoms with Crippen LogP contribution in [0.5, 0.6) is 0 Å². The average molecular weight is 280 g/mol. The van der Waals surface area contributed by atoms with Crippen molar-refractivity contribution < 1.29 is 14.3 Å². The normalized spacial score (nSPS) is 13.6. The summed E-state index contributed by atoms with van der Waals surface area (Å²) in [6.45, 7) is 4.72. The molecule has 6 heteroatoms. The van der Waals surface area contributed by atoms with Crippen LogP contribution in [0.2, 0.25) is 0 Å². The van der Waals surface area contributed by atoms with Crippen LogP contribution in [0.1, 0.15) is 34.6 Å². The van der Waals surface area contributed by atoms with Gasteiger partial charge in [0.25, 0.3) is 5.91 Å². The summed E-state index contributed by atoms with van der Waals surface area (Å²) in [6, 6.07) is 0. The number of hydrogen-bond acceptors (Lipinski definition) is 4. The van der Waals surface area contributed by atoms with Crippen molar-refractivity contribution >= 4 is 28.2 Å². The van der Waals surface area contributed by atoms with Gasteiger partial charge in [-0.1, -0.05) is 5.57 Å². The van der Waals surface area contributed by atoms with E-state index >= 15 is 0 Å². The van der Waals surface area contributed by atoms with E-state index in [2.05, 4.69) is 5.32 Å². The maximum atomic E-state index is 11.7. The molecule has 0 fully saturated rings. The third kappa shape index (κ3) is 3.02. The van der Waals surface area contributed by atoms with Crippen molar-refractivity contribution in [2.45, 2.75) is 26.9 Å². The predicted octanol–water partition coefficient (Wildman–Crippen LogP) is 1.82. The lowest BCUT2D eigenvalue weighted by Crippen LogP contribution is -2.18. The van der Waals surface area contributed by atoms with Gasteiger partial charge in [0.05, 0.1) is 18.8 Å². The maximum Gasteiger partial charge on any atom is 0.251 e. The number of amides is 2. The summed E-state index contributed by atoms with van der Waals surface area (Å²) in [5.41, 5.74) is 7.65. The summed E-state index contributed by atoms with van der Waals surface area (Å²) in [4.78, 5) is 24.3. The molecule has 1 aliphatic heterocycles. The van der Waals surface area contributed by atoms with Crippen molar-refractivity contribution in [3.8, 4) is 0 Å². The highest BCUT2D eigenvalue weighted by Crippen LogP contribution is 2.36. The third-order valence-corrected chi connectivity index (χ3v) is 3.84. The van der Waals surface area contributed by atoms with Gasteiger partial charge in [0.1, 0.15) is 5.00 Å². The number of anilines is 1. The van der Waals surface area contributed by atoms with E-state index in [0.29, 0.717) is 30.2 Å². The Hall–Kier alpha value is -1.66. The second-order valence-corrected chi connectivity index (χ2v) is 5.69. The van der Waals surface area contributed by atoms with E-state index in [4.69, 9.17) is 10.5 Å². The van der Waals surface area contributed by atoms with E-state index in [-0.39, 0.29) is 5.91 Å². The molecule has 1 aromatic heterocycles. The first kappa shape index (κ1) is 13.8. The van der Waals surface area contributed by atoms with Crippen molar-refractivity contribution in [2.24, 2.45) is 5.73 Å². The standard InChI is InChI=1S/C13H16N2O3S/c1-7(2)5-10(16)15-13-11(12(14)17)8-3-4-18-6-9(8)19-13/h5H,3-4,6H2,1-2H3,(H2,14,17)(H,15,16). The van der Waals surface area contributed by atoms with E-state index in [0.717, 1.165) is 16.0 Å². The number of nitrogens with one attached hydrogen (secondary N) is 1. The molecule has 0 bridgehead atoms. The van der Waals surface area contributed by atoms with Crippen LogP contribution in [0.4, 0.5) is 5.00 Å². The van der Waals surface area contributed by atoms with Gasteiger partial charge in [0.15, 0.2) is 0 Å². The highest BCUT2D eigenvalue weighted by Gasteiger charge is 2.24. The van der Waals surface area contributed by atoms with Crippen LogP contribution < -0.4 is 11.1 Å². The zero-order valence-corrected chi connectivity index (χ0v) is 11.7. The fraction of sp³-hybridized carbons (Fsp3) is 0.385. The summed E-state index contributed by atoms with van der Waals surface area (Å²) in [5.74, 6) is -0.756. The van der Waals surface area contributed by atoms with E-state index in [1.165, 1.54) is 17.4 Å². The second-order valence-electron chi connectivity index (χ2n) is 4.59. The summed E-state index contributed by atoms with van der Waals surface area (Å²) in [6.07, 6.45) is 2.14. The molecular formula is C13H16N2O3S. The lowest BCUT2D eigenvalue weighted by atomic mass is 10.1. The van der Waals surface area contributed by atoms with Gasteiger partial charge < -0.3 is 15.8 Å². The second kappa shape index (κ2) is 5.54. The number of carbonyl (C=O) groups is 2. The monoisotopic (exact) mass is 280 g/mol. The van der Waals surface area contributed by atoms with E-state index < -0.39 is 5.91 Å². The van der Waals surface area contributed by atoms with Gasteiger partial charge in [-0.05, 0) is 25.8 Å². The Labute approximate surface area is 115 Å². The number of nitrogens with two attached hydrogens (primary N) is 1. The summed E-state index contributed by atoms with van der Waals surface area (Å²) in [5, 5.41) is 3.25. The average Bonchev–Trinajstić information content (AvgIpc) is 2.64. The minimum absolute atomic E-state index is 0.248. The van der Waals surface area contributed by atoms with E-state index in [1.807, 2.05) is 13.8 Å². The van der Waals surface area contributed by atoms with Crippen LogP contribution >= 0.6 is 11.3 Å². The van der Waals surface area contributed by atoms with Crippen LogP contribution in [0.3, 0.4) is 0 Å². The molecule has 5 nitrogen and oxygen atoms in total. The third-order valence-electron chi connectivity index (χ3n) is 2.72. The Morgan fingerprint density at radius 3 is 2.79 bits per heavy atom. The molecule has 0 aromatic carbocycles. The first-order valence-electron chi connectivity index (χ1n) is 5.97. The van der Waals surface area contributed by atoms with Crippen molar-refractivity contribution in [1.82, 2.24) is 0 Å². The zero-order chi connectivity index (χ0) is 14.0. The van der Waals surface area contributed by atoms with Crippen LogP contribution in [0, 0.1) is 0 Å². The van der Waals surface area contributed by atoms with E-state index in [9.17, 15) is 9.59 Å². The van der Waals surface area contributed by atoms with Crippen LogP contribution in [-0.4, -0.2) is 18.4 Å². The Kier molecular flexibility index (Phi) is 4.01. The largest absolute Gasteiger partial charge is 0.376 e. The SMILES string of the molecule is CC(C)=CC(=O)Nc1sc2c(c1C(N)=O)CCOC2. The fourth-order valence-corrected chi connectivity index (χ4v) is 3.18. The van der Waals surface area contributed by atoms with Crippen molar-refractivity contribution in [1.29, 1.82) is 0 Å². The molecule has 0 spiro atoms.